The fourth-order valence-electron chi connectivity index (χ4n) is 3.55. The SMILES string of the molecule is CCNC(=NCc1coc(-c2ccc(C)cc2)n1)NCCCN1C(=O)COc2ccccc21.I. The highest BCUT2D eigenvalue weighted by Gasteiger charge is 2.24. The smallest absolute Gasteiger partial charge is 0.265 e. The van der Waals surface area contributed by atoms with Crippen molar-refractivity contribution in [3.63, 3.8) is 0 Å². The number of guanidine groups is 1. The predicted octanol–water partition coefficient (Wildman–Crippen LogP) is 4.14. The fourth-order valence-corrected chi connectivity index (χ4v) is 3.55. The van der Waals surface area contributed by atoms with Crippen molar-refractivity contribution in [1.29, 1.82) is 0 Å². The molecule has 0 bridgehead atoms. The Labute approximate surface area is 216 Å². The number of benzene rings is 2. The van der Waals surface area contributed by atoms with E-state index in [0.717, 1.165) is 35.7 Å². The van der Waals surface area contributed by atoms with Crippen LogP contribution in [0.2, 0.25) is 0 Å². The third kappa shape index (κ3) is 6.49. The van der Waals surface area contributed by atoms with Crippen molar-refractivity contribution in [3.8, 4) is 17.2 Å². The standard InChI is InChI=1S/C25H29N5O3.HI/c1-3-26-25(28-15-20-16-33-24(29-20)19-11-9-18(2)10-12-19)27-13-6-14-30-21-7-4-5-8-22(21)32-17-23(30)31;/h4-5,7-12,16H,3,6,13-15,17H2,1-2H3,(H2,26,27,28);1H. The molecule has 2 N–H and O–H groups in total. The van der Waals surface area contributed by atoms with Gasteiger partial charge in [0.2, 0.25) is 5.89 Å². The number of aryl methyl sites for hydroxylation is 1. The number of halogens is 1. The lowest BCUT2D eigenvalue weighted by Crippen LogP contribution is -2.42. The Morgan fingerprint density at radius 3 is 2.74 bits per heavy atom. The van der Waals surface area contributed by atoms with Crippen LogP contribution in [0, 0.1) is 6.92 Å². The van der Waals surface area contributed by atoms with Gasteiger partial charge in [-0.15, -0.1) is 24.0 Å². The average molecular weight is 575 g/mol. The van der Waals surface area contributed by atoms with Crippen LogP contribution in [0.3, 0.4) is 0 Å². The number of aliphatic imine (C=N–C) groups is 1. The van der Waals surface area contributed by atoms with E-state index in [1.54, 1.807) is 11.2 Å². The minimum Gasteiger partial charge on any atom is -0.482 e. The molecule has 2 aromatic carbocycles. The molecule has 0 spiro atoms. The summed E-state index contributed by atoms with van der Waals surface area (Å²) in [5, 5.41) is 6.57. The van der Waals surface area contributed by atoms with Gasteiger partial charge in [-0.2, -0.15) is 0 Å². The fraction of sp³-hybridized carbons (Fsp3) is 0.320. The summed E-state index contributed by atoms with van der Waals surface area (Å²) in [6.45, 7) is 6.57. The monoisotopic (exact) mass is 575 g/mol. The third-order valence-corrected chi connectivity index (χ3v) is 5.25. The van der Waals surface area contributed by atoms with Gasteiger partial charge in [-0.1, -0.05) is 29.8 Å². The molecule has 0 atom stereocenters. The van der Waals surface area contributed by atoms with Crippen LogP contribution in [0.5, 0.6) is 5.75 Å². The van der Waals surface area contributed by atoms with E-state index in [9.17, 15) is 4.79 Å². The van der Waals surface area contributed by atoms with E-state index < -0.39 is 0 Å². The molecule has 34 heavy (non-hydrogen) atoms. The maximum absolute atomic E-state index is 12.3. The number of aromatic nitrogens is 1. The second kappa shape index (κ2) is 12.4. The van der Waals surface area contributed by atoms with E-state index in [1.807, 2.05) is 62.4 Å². The normalized spacial score (nSPS) is 13.1. The highest BCUT2D eigenvalue weighted by Crippen LogP contribution is 2.31. The van der Waals surface area contributed by atoms with Gasteiger partial charge in [-0.25, -0.2) is 9.98 Å². The van der Waals surface area contributed by atoms with Crippen molar-refractivity contribution in [2.45, 2.75) is 26.8 Å². The molecule has 0 fully saturated rings. The third-order valence-electron chi connectivity index (χ3n) is 5.25. The molecule has 180 valence electrons. The molecule has 2 heterocycles. The van der Waals surface area contributed by atoms with Crippen LogP contribution in [-0.2, 0) is 11.3 Å². The van der Waals surface area contributed by atoms with Gasteiger partial charge >= 0.3 is 0 Å². The Morgan fingerprint density at radius 2 is 1.94 bits per heavy atom. The highest BCUT2D eigenvalue weighted by molar-refractivity contribution is 14.0. The van der Waals surface area contributed by atoms with Crippen LogP contribution in [0.1, 0.15) is 24.6 Å². The Kier molecular flexibility index (Phi) is 9.32. The summed E-state index contributed by atoms with van der Waals surface area (Å²) in [7, 11) is 0. The lowest BCUT2D eigenvalue weighted by Gasteiger charge is -2.29. The number of ether oxygens (including phenoxy) is 1. The van der Waals surface area contributed by atoms with E-state index in [-0.39, 0.29) is 36.5 Å². The minimum atomic E-state index is -0.0234. The quantitative estimate of drug-likeness (QED) is 0.182. The number of oxazole rings is 1. The maximum Gasteiger partial charge on any atom is 0.265 e. The summed E-state index contributed by atoms with van der Waals surface area (Å²) in [5.41, 5.74) is 3.72. The van der Waals surface area contributed by atoms with E-state index in [2.05, 4.69) is 20.6 Å². The molecule has 0 radical (unpaired) electrons. The van der Waals surface area contributed by atoms with E-state index in [1.165, 1.54) is 5.56 Å². The molecule has 1 aliphatic rings. The van der Waals surface area contributed by atoms with Crippen molar-refractivity contribution in [2.24, 2.45) is 4.99 Å². The van der Waals surface area contributed by atoms with Crippen molar-refractivity contribution in [2.75, 3.05) is 31.1 Å². The molecule has 1 aliphatic heterocycles. The van der Waals surface area contributed by atoms with Gasteiger partial charge in [0.05, 0.1) is 12.2 Å². The maximum atomic E-state index is 12.3. The van der Waals surface area contributed by atoms with Crippen molar-refractivity contribution in [1.82, 2.24) is 15.6 Å². The van der Waals surface area contributed by atoms with Crippen LogP contribution < -0.4 is 20.3 Å². The first-order valence-electron chi connectivity index (χ1n) is 11.2. The molecule has 1 amide bonds. The molecule has 0 saturated carbocycles. The Morgan fingerprint density at radius 1 is 1.15 bits per heavy atom. The number of hydrogen-bond acceptors (Lipinski definition) is 5. The van der Waals surface area contributed by atoms with Gasteiger partial charge in [0.25, 0.3) is 5.91 Å². The average Bonchev–Trinajstić information content (AvgIpc) is 3.31. The Bertz CT molecular complexity index is 1110. The number of para-hydroxylation sites is 2. The van der Waals surface area contributed by atoms with Crippen LogP contribution in [0.25, 0.3) is 11.5 Å². The molecule has 4 rings (SSSR count). The van der Waals surface area contributed by atoms with Crippen molar-refractivity contribution < 1.29 is 13.9 Å². The van der Waals surface area contributed by atoms with Gasteiger partial charge in [0.1, 0.15) is 17.7 Å². The molecule has 8 nitrogen and oxygen atoms in total. The summed E-state index contributed by atoms with van der Waals surface area (Å²) in [6.07, 6.45) is 2.41. The molecular weight excluding hydrogens is 545 g/mol. The second-order valence-electron chi connectivity index (χ2n) is 7.79. The van der Waals surface area contributed by atoms with Crippen LogP contribution in [0.15, 0.2) is 64.2 Å². The summed E-state index contributed by atoms with van der Waals surface area (Å²) in [6, 6.07) is 15.7. The Balaban J connectivity index is 0.00000324. The van der Waals surface area contributed by atoms with E-state index in [0.29, 0.717) is 31.5 Å². The summed E-state index contributed by atoms with van der Waals surface area (Å²) in [4.78, 5) is 23.2. The second-order valence-corrected chi connectivity index (χ2v) is 7.79. The zero-order valence-corrected chi connectivity index (χ0v) is 21.7. The number of fused-ring (bicyclic) bond motifs is 1. The summed E-state index contributed by atoms with van der Waals surface area (Å²) in [5.74, 6) is 2.02. The summed E-state index contributed by atoms with van der Waals surface area (Å²) < 4.78 is 11.1. The number of anilines is 1. The number of carbonyl (C=O) groups is 1. The number of amides is 1. The summed E-state index contributed by atoms with van der Waals surface area (Å²) >= 11 is 0. The number of hydrogen-bond donors (Lipinski definition) is 2. The van der Waals surface area contributed by atoms with Gasteiger partial charge in [0, 0.05) is 25.2 Å². The number of nitrogens with one attached hydrogen (secondary N) is 2. The molecular formula is C25H30IN5O3. The van der Waals surface area contributed by atoms with Crippen molar-refractivity contribution >= 4 is 41.5 Å². The van der Waals surface area contributed by atoms with Crippen molar-refractivity contribution in [3.05, 3.63) is 66.1 Å². The molecule has 0 unspecified atom stereocenters. The molecule has 9 heteroatoms. The topological polar surface area (TPSA) is 92.0 Å². The first-order chi connectivity index (χ1) is 16.1. The van der Waals surface area contributed by atoms with Crippen LogP contribution in [-0.4, -0.2) is 43.1 Å². The van der Waals surface area contributed by atoms with Gasteiger partial charge < -0.3 is 24.7 Å². The minimum absolute atomic E-state index is 0. The first kappa shape index (κ1) is 25.5. The van der Waals surface area contributed by atoms with E-state index >= 15 is 0 Å². The Hall–Kier alpha value is -3.08. The van der Waals surface area contributed by atoms with E-state index in [4.69, 9.17) is 9.15 Å². The predicted molar refractivity (Wildman–Crippen MR) is 144 cm³/mol. The van der Waals surface area contributed by atoms with Crippen LogP contribution >= 0.6 is 24.0 Å². The number of rotatable bonds is 8. The largest absolute Gasteiger partial charge is 0.482 e. The van der Waals surface area contributed by atoms with Gasteiger partial charge in [0.15, 0.2) is 12.6 Å². The molecule has 1 aromatic heterocycles. The highest BCUT2D eigenvalue weighted by atomic mass is 127. The van der Waals surface area contributed by atoms with Gasteiger partial charge in [-0.3, -0.25) is 4.79 Å². The zero-order chi connectivity index (χ0) is 23.0. The first-order valence-corrected chi connectivity index (χ1v) is 11.2. The number of nitrogens with zero attached hydrogens (tertiary/aromatic N) is 3. The lowest BCUT2D eigenvalue weighted by atomic mass is 10.1. The van der Waals surface area contributed by atoms with Gasteiger partial charge in [-0.05, 0) is 44.5 Å². The molecule has 0 saturated heterocycles. The number of carbonyl (C=O) groups excluding carboxylic acids is 1. The molecule has 0 aliphatic carbocycles. The van der Waals surface area contributed by atoms with Crippen LogP contribution in [0.4, 0.5) is 5.69 Å². The zero-order valence-electron chi connectivity index (χ0n) is 19.4. The lowest BCUT2D eigenvalue weighted by molar-refractivity contribution is -0.121. The molecule has 3 aromatic rings.